The highest BCUT2D eigenvalue weighted by Gasteiger charge is 2.34. The predicted octanol–water partition coefficient (Wildman–Crippen LogP) is 2.13. The molecule has 0 unspecified atom stereocenters. The minimum atomic E-state index is -0.343. The molecular weight excluding hydrogens is 282 g/mol. The number of hydrogen-bond donors (Lipinski definition) is 2. The molecule has 3 rings (SSSR count). The normalized spacial score (nSPS) is 21.5. The highest BCUT2D eigenvalue weighted by Crippen LogP contribution is 2.31. The first-order valence-corrected chi connectivity index (χ1v) is 7.41. The van der Waals surface area contributed by atoms with Gasteiger partial charge in [-0.2, -0.15) is 0 Å². The van der Waals surface area contributed by atoms with Crippen LogP contribution >= 0.6 is 0 Å². The van der Waals surface area contributed by atoms with Gasteiger partial charge in [0.25, 0.3) is 0 Å². The maximum absolute atomic E-state index is 12.3. The van der Waals surface area contributed by atoms with Crippen LogP contribution in [0, 0.1) is 5.92 Å². The molecule has 0 aliphatic carbocycles. The van der Waals surface area contributed by atoms with Gasteiger partial charge in [-0.15, -0.1) is 0 Å². The summed E-state index contributed by atoms with van der Waals surface area (Å²) in [7, 11) is 0. The van der Waals surface area contributed by atoms with E-state index in [2.05, 4.69) is 15.4 Å². The van der Waals surface area contributed by atoms with Crippen molar-refractivity contribution in [1.82, 2.24) is 15.4 Å². The molecule has 1 aromatic heterocycles. The fourth-order valence-electron chi connectivity index (χ4n) is 2.59. The lowest BCUT2D eigenvalue weighted by atomic mass is 9.93. The summed E-state index contributed by atoms with van der Waals surface area (Å²) < 4.78 is 5.71. The number of nitrogens with one attached hydrogen (secondary N) is 2. The number of ether oxygens (including phenoxy) is 1. The third-order valence-corrected chi connectivity index (χ3v) is 3.70. The second kappa shape index (κ2) is 7.20. The van der Waals surface area contributed by atoms with E-state index >= 15 is 0 Å². The number of benzene rings is 1. The molecule has 1 amide bonds. The summed E-state index contributed by atoms with van der Waals surface area (Å²) >= 11 is 0. The molecule has 0 saturated carbocycles. The predicted molar refractivity (Wildman–Crippen MR) is 79.4 cm³/mol. The molecule has 2 heterocycles. The van der Waals surface area contributed by atoms with Crippen LogP contribution < -0.4 is 5.48 Å². The van der Waals surface area contributed by atoms with Gasteiger partial charge in [0.05, 0.1) is 12.5 Å². The number of hydrogen-bond acceptors (Lipinski definition) is 4. The van der Waals surface area contributed by atoms with E-state index in [-0.39, 0.29) is 17.9 Å². The van der Waals surface area contributed by atoms with Crippen molar-refractivity contribution in [3.63, 3.8) is 0 Å². The van der Waals surface area contributed by atoms with Gasteiger partial charge < -0.3 is 9.72 Å². The lowest BCUT2D eigenvalue weighted by Crippen LogP contribution is -2.37. The minimum absolute atomic E-state index is 0.169. The lowest BCUT2D eigenvalue weighted by Gasteiger charge is -2.29. The zero-order chi connectivity index (χ0) is 15.2. The molecule has 1 aromatic carbocycles. The number of imidazole rings is 1. The Morgan fingerprint density at radius 3 is 3.05 bits per heavy atom. The number of amides is 1. The monoisotopic (exact) mass is 301 g/mol. The first-order valence-electron chi connectivity index (χ1n) is 7.41. The van der Waals surface area contributed by atoms with Crippen LogP contribution in [0.1, 0.15) is 30.3 Å². The van der Waals surface area contributed by atoms with E-state index in [0.29, 0.717) is 19.0 Å². The van der Waals surface area contributed by atoms with Gasteiger partial charge in [0.15, 0.2) is 0 Å². The zero-order valence-electron chi connectivity index (χ0n) is 12.2. The number of hydroxylamine groups is 1. The maximum Gasteiger partial charge on any atom is 0.249 e. The van der Waals surface area contributed by atoms with E-state index in [4.69, 9.17) is 9.57 Å². The second-order valence-corrected chi connectivity index (χ2v) is 5.26. The third kappa shape index (κ3) is 3.52. The van der Waals surface area contributed by atoms with Gasteiger partial charge in [-0.05, 0) is 18.4 Å². The third-order valence-electron chi connectivity index (χ3n) is 3.70. The molecule has 6 heteroatoms. The molecule has 1 aliphatic heterocycles. The van der Waals surface area contributed by atoms with Crippen molar-refractivity contribution in [3.05, 3.63) is 54.1 Å². The topological polar surface area (TPSA) is 76.2 Å². The Morgan fingerprint density at radius 1 is 1.41 bits per heavy atom. The van der Waals surface area contributed by atoms with Crippen LogP contribution in [0.3, 0.4) is 0 Å². The van der Waals surface area contributed by atoms with Crippen molar-refractivity contribution >= 4 is 5.91 Å². The Morgan fingerprint density at radius 2 is 2.27 bits per heavy atom. The van der Waals surface area contributed by atoms with Crippen LogP contribution in [0.4, 0.5) is 0 Å². The largest absolute Gasteiger partial charge is 0.369 e. The second-order valence-electron chi connectivity index (χ2n) is 5.26. The molecule has 0 radical (unpaired) electrons. The molecule has 116 valence electrons. The van der Waals surface area contributed by atoms with Gasteiger partial charge in [-0.3, -0.25) is 9.63 Å². The van der Waals surface area contributed by atoms with Crippen molar-refractivity contribution in [2.24, 2.45) is 5.92 Å². The summed E-state index contributed by atoms with van der Waals surface area (Å²) in [5.41, 5.74) is 3.54. The standard InChI is InChI=1S/C16H19N3O3/c20-16(19-22-11-12-5-2-1-3-6-12)13-7-4-10-21-14(13)15-17-8-9-18-15/h1-3,5-6,8-9,13-14H,4,7,10-11H2,(H,17,18)(H,19,20)/t13-,14-/m1/s1. The van der Waals surface area contributed by atoms with E-state index in [1.54, 1.807) is 12.4 Å². The highest BCUT2D eigenvalue weighted by molar-refractivity contribution is 5.78. The molecule has 0 bridgehead atoms. The molecule has 2 N–H and O–H groups in total. The smallest absolute Gasteiger partial charge is 0.249 e. The Kier molecular flexibility index (Phi) is 4.82. The SMILES string of the molecule is O=C(NOCc1ccccc1)[C@@H]1CCCO[C@H]1c1ncc[nH]1. The summed E-state index contributed by atoms with van der Waals surface area (Å²) in [6, 6.07) is 9.70. The maximum atomic E-state index is 12.3. The number of carbonyl (C=O) groups is 1. The number of carbonyl (C=O) groups excluding carboxylic acids is 1. The van der Waals surface area contributed by atoms with Crippen LogP contribution in [0.15, 0.2) is 42.7 Å². The summed E-state index contributed by atoms with van der Waals surface area (Å²) in [6.45, 7) is 0.978. The molecular formula is C16H19N3O3. The van der Waals surface area contributed by atoms with Crippen molar-refractivity contribution in [2.45, 2.75) is 25.6 Å². The highest BCUT2D eigenvalue weighted by atomic mass is 16.7. The molecule has 1 aliphatic rings. The number of aromatic nitrogens is 2. The fourth-order valence-corrected chi connectivity index (χ4v) is 2.59. The van der Waals surface area contributed by atoms with E-state index in [1.165, 1.54) is 0 Å². The summed E-state index contributed by atoms with van der Waals surface area (Å²) in [5.74, 6) is 0.218. The van der Waals surface area contributed by atoms with Crippen LogP contribution in [0.25, 0.3) is 0 Å². The average Bonchev–Trinajstić information content (AvgIpc) is 3.10. The summed E-state index contributed by atoms with van der Waals surface area (Å²) in [6.07, 6.45) is 4.66. The Hall–Kier alpha value is -2.18. The molecule has 6 nitrogen and oxygen atoms in total. The summed E-state index contributed by atoms with van der Waals surface area (Å²) in [5, 5.41) is 0. The minimum Gasteiger partial charge on any atom is -0.369 e. The van der Waals surface area contributed by atoms with E-state index in [0.717, 1.165) is 18.4 Å². The number of aromatic amines is 1. The first-order chi connectivity index (χ1) is 10.8. The van der Waals surface area contributed by atoms with E-state index in [9.17, 15) is 4.79 Å². The van der Waals surface area contributed by atoms with Gasteiger partial charge in [-0.25, -0.2) is 10.5 Å². The Labute approximate surface area is 128 Å². The van der Waals surface area contributed by atoms with Crippen LogP contribution in [-0.2, 0) is 21.0 Å². The zero-order valence-corrected chi connectivity index (χ0v) is 12.2. The quantitative estimate of drug-likeness (QED) is 0.829. The van der Waals surface area contributed by atoms with Crippen molar-refractivity contribution in [3.8, 4) is 0 Å². The molecule has 1 saturated heterocycles. The summed E-state index contributed by atoms with van der Waals surface area (Å²) in [4.78, 5) is 24.9. The molecule has 2 aromatic rings. The molecule has 0 spiro atoms. The van der Waals surface area contributed by atoms with Gasteiger partial charge in [0.2, 0.25) is 5.91 Å². The average molecular weight is 301 g/mol. The van der Waals surface area contributed by atoms with Crippen molar-refractivity contribution in [2.75, 3.05) is 6.61 Å². The molecule has 1 fully saturated rings. The number of rotatable bonds is 5. The molecule has 22 heavy (non-hydrogen) atoms. The van der Waals surface area contributed by atoms with Crippen molar-refractivity contribution in [1.29, 1.82) is 0 Å². The van der Waals surface area contributed by atoms with Crippen LogP contribution in [0.2, 0.25) is 0 Å². The van der Waals surface area contributed by atoms with Gasteiger partial charge in [0.1, 0.15) is 11.9 Å². The Balaban J connectivity index is 1.56. The van der Waals surface area contributed by atoms with Gasteiger partial charge >= 0.3 is 0 Å². The number of nitrogens with zero attached hydrogens (tertiary/aromatic N) is 1. The molecule has 2 atom stereocenters. The van der Waals surface area contributed by atoms with Crippen LogP contribution in [0.5, 0.6) is 0 Å². The lowest BCUT2D eigenvalue weighted by molar-refractivity contribution is -0.148. The van der Waals surface area contributed by atoms with Gasteiger partial charge in [-0.1, -0.05) is 30.3 Å². The van der Waals surface area contributed by atoms with Gasteiger partial charge in [0, 0.05) is 19.0 Å². The van der Waals surface area contributed by atoms with E-state index < -0.39 is 0 Å². The van der Waals surface area contributed by atoms with Crippen LogP contribution in [-0.4, -0.2) is 22.5 Å². The number of H-pyrrole nitrogens is 1. The van der Waals surface area contributed by atoms with Crippen molar-refractivity contribution < 1.29 is 14.4 Å². The Bertz CT molecular complexity index is 586. The fraction of sp³-hybridized carbons (Fsp3) is 0.375. The first kappa shape index (κ1) is 14.7. The van der Waals surface area contributed by atoms with E-state index in [1.807, 2.05) is 30.3 Å².